The summed E-state index contributed by atoms with van der Waals surface area (Å²) in [5.74, 6) is 1.16. The average Bonchev–Trinajstić information content (AvgIpc) is 3.44. The SMILES string of the molecule is Cc1ccc(-c2noc(C3CC(NCCCO)C3)n2)cc1NC(=O)c1cnc2ccccn12. The average molecular weight is 447 g/mol. The molecule has 1 aliphatic carbocycles. The Bertz CT molecular complexity index is 1270. The number of nitrogens with zero attached hydrogens (tertiary/aromatic N) is 4. The Balaban J connectivity index is 1.28. The smallest absolute Gasteiger partial charge is 0.274 e. The van der Waals surface area contributed by atoms with Crippen LogP contribution in [-0.4, -0.2) is 49.7 Å². The van der Waals surface area contributed by atoms with E-state index in [1.54, 1.807) is 10.6 Å². The van der Waals surface area contributed by atoms with Crippen molar-refractivity contribution in [1.29, 1.82) is 0 Å². The maximum atomic E-state index is 12.9. The van der Waals surface area contributed by atoms with E-state index in [4.69, 9.17) is 9.63 Å². The van der Waals surface area contributed by atoms with Gasteiger partial charge in [0.05, 0.1) is 6.20 Å². The number of hydrogen-bond acceptors (Lipinski definition) is 7. The quantitative estimate of drug-likeness (QED) is 0.356. The van der Waals surface area contributed by atoms with E-state index in [-0.39, 0.29) is 18.4 Å². The standard InChI is InChI=1S/C24H26N6O3/c1-15-6-7-16(22-28-24(33-29-22)17-11-18(12-17)25-8-4-10-31)13-19(15)27-23(32)20-14-26-21-5-2-3-9-30(20)21/h2-3,5-7,9,13-14,17-18,25,31H,4,8,10-12H2,1H3,(H,27,32). The number of carbonyl (C=O) groups is 1. The first-order chi connectivity index (χ1) is 16.1. The Morgan fingerprint density at radius 1 is 1.27 bits per heavy atom. The summed E-state index contributed by atoms with van der Waals surface area (Å²) in [4.78, 5) is 21.8. The molecule has 0 bridgehead atoms. The van der Waals surface area contributed by atoms with Crippen molar-refractivity contribution in [3.05, 3.63) is 65.9 Å². The number of aliphatic hydroxyl groups is 1. The lowest BCUT2D eigenvalue weighted by atomic mass is 9.80. The van der Waals surface area contributed by atoms with Gasteiger partial charge in [-0.3, -0.25) is 9.20 Å². The molecule has 3 N–H and O–H groups in total. The van der Waals surface area contributed by atoms with Crippen LogP contribution in [0, 0.1) is 6.92 Å². The van der Waals surface area contributed by atoms with E-state index in [1.807, 2.05) is 49.5 Å². The van der Waals surface area contributed by atoms with Crippen LogP contribution < -0.4 is 10.6 Å². The van der Waals surface area contributed by atoms with Gasteiger partial charge in [-0.25, -0.2) is 4.98 Å². The molecule has 4 aromatic rings. The number of pyridine rings is 1. The van der Waals surface area contributed by atoms with E-state index in [2.05, 4.69) is 25.8 Å². The van der Waals surface area contributed by atoms with E-state index in [9.17, 15) is 4.79 Å². The molecule has 1 aliphatic rings. The zero-order valence-corrected chi connectivity index (χ0v) is 18.4. The van der Waals surface area contributed by atoms with Gasteiger partial charge in [-0.15, -0.1) is 0 Å². The Morgan fingerprint density at radius 3 is 3.00 bits per heavy atom. The van der Waals surface area contributed by atoms with Crippen molar-refractivity contribution in [2.75, 3.05) is 18.5 Å². The van der Waals surface area contributed by atoms with Gasteiger partial charge in [0, 0.05) is 36.0 Å². The molecule has 1 aromatic carbocycles. The maximum Gasteiger partial charge on any atom is 0.274 e. The van der Waals surface area contributed by atoms with Crippen LogP contribution in [0.4, 0.5) is 5.69 Å². The minimum atomic E-state index is -0.239. The zero-order chi connectivity index (χ0) is 22.8. The molecule has 0 unspecified atom stereocenters. The van der Waals surface area contributed by atoms with Crippen molar-refractivity contribution in [3.63, 3.8) is 0 Å². The fourth-order valence-corrected chi connectivity index (χ4v) is 4.07. The minimum absolute atomic E-state index is 0.203. The molecular weight excluding hydrogens is 420 g/mol. The molecule has 0 spiro atoms. The third-order valence-electron chi connectivity index (χ3n) is 6.09. The molecular formula is C24H26N6O3. The zero-order valence-electron chi connectivity index (χ0n) is 18.4. The van der Waals surface area contributed by atoms with Gasteiger partial charge in [0.25, 0.3) is 5.91 Å². The van der Waals surface area contributed by atoms with Crippen molar-refractivity contribution in [3.8, 4) is 11.4 Å². The summed E-state index contributed by atoms with van der Waals surface area (Å²) < 4.78 is 7.28. The molecule has 3 heterocycles. The number of rotatable bonds is 8. The van der Waals surface area contributed by atoms with Crippen LogP contribution in [-0.2, 0) is 0 Å². The van der Waals surface area contributed by atoms with Crippen molar-refractivity contribution in [2.45, 2.75) is 38.1 Å². The summed E-state index contributed by atoms with van der Waals surface area (Å²) in [6, 6.07) is 11.7. The Morgan fingerprint density at radius 2 is 2.15 bits per heavy atom. The number of aliphatic hydroxyl groups excluding tert-OH is 1. The summed E-state index contributed by atoms with van der Waals surface area (Å²) in [6.45, 7) is 2.96. The first kappa shape index (κ1) is 21.3. The largest absolute Gasteiger partial charge is 0.396 e. The van der Waals surface area contributed by atoms with Crippen LogP contribution in [0.25, 0.3) is 17.0 Å². The second-order valence-electron chi connectivity index (χ2n) is 8.41. The molecule has 0 atom stereocenters. The number of imidazole rings is 1. The molecule has 0 saturated heterocycles. The summed E-state index contributed by atoms with van der Waals surface area (Å²) in [7, 11) is 0. The normalized spacial score (nSPS) is 17.8. The molecule has 3 aromatic heterocycles. The van der Waals surface area contributed by atoms with Gasteiger partial charge in [-0.05, 0) is 56.5 Å². The fraction of sp³-hybridized carbons (Fsp3) is 0.333. The van der Waals surface area contributed by atoms with Gasteiger partial charge in [0.2, 0.25) is 11.7 Å². The number of aryl methyl sites for hydroxylation is 1. The highest BCUT2D eigenvalue weighted by atomic mass is 16.5. The molecule has 1 fully saturated rings. The van der Waals surface area contributed by atoms with Gasteiger partial charge >= 0.3 is 0 Å². The monoisotopic (exact) mass is 446 g/mol. The molecule has 0 radical (unpaired) electrons. The fourth-order valence-electron chi connectivity index (χ4n) is 4.07. The second-order valence-corrected chi connectivity index (χ2v) is 8.41. The van der Waals surface area contributed by atoms with Gasteiger partial charge in [-0.2, -0.15) is 4.98 Å². The lowest BCUT2D eigenvalue weighted by Crippen LogP contribution is -2.40. The highest BCUT2D eigenvalue weighted by Gasteiger charge is 2.34. The minimum Gasteiger partial charge on any atom is -0.396 e. The number of anilines is 1. The van der Waals surface area contributed by atoms with E-state index in [0.717, 1.165) is 36.9 Å². The Hall–Kier alpha value is -3.56. The van der Waals surface area contributed by atoms with Crippen molar-refractivity contribution >= 4 is 17.2 Å². The number of aromatic nitrogens is 4. The molecule has 33 heavy (non-hydrogen) atoms. The molecule has 0 aliphatic heterocycles. The summed E-state index contributed by atoms with van der Waals surface area (Å²) >= 11 is 0. The highest BCUT2D eigenvalue weighted by Crippen LogP contribution is 2.37. The first-order valence-electron chi connectivity index (χ1n) is 11.1. The first-order valence-corrected chi connectivity index (χ1v) is 11.1. The van der Waals surface area contributed by atoms with Crippen molar-refractivity contribution in [2.24, 2.45) is 0 Å². The number of fused-ring (bicyclic) bond motifs is 1. The van der Waals surface area contributed by atoms with E-state index in [1.165, 1.54) is 0 Å². The third-order valence-corrected chi connectivity index (χ3v) is 6.09. The van der Waals surface area contributed by atoms with Gasteiger partial charge in [-0.1, -0.05) is 23.4 Å². The predicted molar refractivity (Wildman–Crippen MR) is 123 cm³/mol. The third kappa shape index (κ3) is 4.37. The number of benzene rings is 1. The molecule has 9 heteroatoms. The van der Waals surface area contributed by atoms with Crippen LogP contribution in [0.15, 0.2) is 53.3 Å². The van der Waals surface area contributed by atoms with Gasteiger partial charge < -0.3 is 20.3 Å². The Kier molecular flexibility index (Phi) is 5.89. The van der Waals surface area contributed by atoms with Crippen molar-refractivity contribution < 1.29 is 14.4 Å². The molecule has 170 valence electrons. The van der Waals surface area contributed by atoms with Gasteiger partial charge in [0.15, 0.2) is 0 Å². The highest BCUT2D eigenvalue weighted by molar-refractivity contribution is 6.04. The lowest BCUT2D eigenvalue weighted by molar-refractivity contribution is 0.102. The van der Waals surface area contributed by atoms with Crippen LogP contribution in [0.5, 0.6) is 0 Å². The molecule has 9 nitrogen and oxygen atoms in total. The summed E-state index contributed by atoms with van der Waals surface area (Å²) in [5.41, 5.74) is 3.58. The van der Waals surface area contributed by atoms with Crippen LogP contribution in [0.1, 0.15) is 47.1 Å². The van der Waals surface area contributed by atoms with Gasteiger partial charge in [0.1, 0.15) is 11.3 Å². The van der Waals surface area contributed by atoms with Crippen LogP contribution in [0.3, 0.4) is 0 Å². The topological polar surface area (TPSA) is 118 Å². The van der Waals surface area contributed by atoms with E-state index >= 15 is 0 Å². The van der Waals surface area contributed by atoms with Crippen LogP contribution >= 0.6 is 0 Å². The number of nitrogens with one attached hydrogen (secondary N) is 2. The van der Waals surface area contributed by atoms with E-state index in [0.29, 0.717) is 34.8 Å². The number of hydrogen-bond donors (Lipinski definition) is 3. The summed E-state index contributed by atoms with van der Waals surface area (Å²) in [5, 5.41) is 19.5. The molecule has 1 amide bonds. The van der Waals surface area contributed by atoms with Crippen molar-refractivity contribution in [1.82, 2.24) is 24.8 Å². The molecule has 5 rings (SSSR count). The molecule has 1 saturated carbocycles. The maximum absolute atomic E-state index is 12.9. The van der Waals surface area contributed by atoms with Crippen LogP contribution in [0.2, 0.25) is 0 Å². The number of amides is 1. The second kappa shape index (κ2) is 9.13. The summed E-state index contributed by atoms with van der Waals surface area (Å²) in [6.07, 6.45) is 6.03. The predicted octanol–water partition coefficient (Wildman–Crippen LogP) is 3.16. The Labute approximate surface area is 190 Å². The lowest BCUT2D eigenvalue weighted by Gasteiger charge is -2.33. The number of carbonyl (C=O) groups excluding carboxylic acids is 1. The van der Waals surface area contributed by atoms with E-state index < -0.39 is 0 Å².